The molecule has 1 N–H and O–H groups in total. The summed E-state index contributed by atoms with van der Waals surface area (Å²) in [4.78, 5) is 28.0. The predicted octanol–water partition coefficient (Wildman–Crippen LogP) is 1.19. The van der Waals surface area contributed by atoms with Gasteiger partial charge in [-0.15, -0.1) is 0 Å². The van der Waals surface area contributed by atoms with Crippen molar-refractivity contribution in [3.05, 3.63) is 0 Å². The largest absolute Gasteiger partial charge is 0.351 e. The third-order valence-corrected chi connectivity index (χ3v) is 4.36. The molecule has 1 aliphatic carbocycles. The molecular weight excluding hydrogens is 242 g/mol. The summed E-state index contributed by atoms with van der Waals surface area (Å²) in [5.41, 5.74) is 0. The first-order chi connectivity index (χ1) is 9.24. The highest BCUT2D eigenvalue weighted by atomic mass is 16.2. The quantitative estimate of drug-likeness (QED) is 0.815. The average molecular weight is 265 g/mol. The van der Waals surface area contributed by atoms with Crippen LogP contribution in [0, 0.1) is 5.92 Å². The fourth-order valence-corrected chi connectivity index (χ4v) is 3.04. The number of nitrogens with one attached hydrogen (secondary N) is 1. The van der Waals surface area contributed by atoms with Crippen molar-refractivity contribution in [1.82, 2.24) is 15.1 Å². The molecule has 3 aliphatic rings. The Labute approximate surface area is 114 Å². The summed E-state index contributed by atoms with van der Waals surface area (Å²) in [6, 6.07) is 0.330. The molecule has 2 heterocycles. The highest BCUT2D eigenvalue weighted by molar-refractivity contribution is 5.81. The van der Waals surface area contributed by atoms with Crippen LogP contribution in [0.4, 0.5) is 4.79 Å². The van der Waals surface area contributed by atoms with E-state index in [-0.39, 0.29) is 23.9 Å². The van der Waals surface area contributed by atoms with E-state index in [0.717, 1.165) is 58.2 Å². The second-order valence-electron chi connectivity index (χ2n) is 6.04. The molecule has 3 rings (SSSR count). The highest BCUT2D eigenvalue weighted by Crippen LogP contribution is 2.29. The average Bonchev–Trinajstić information content (AvgIpc) is 3.14. The molecule has 1 unspecified atom stereocenters. The highest BCUT2D eigenvalue weighted by Gasteiger charge is 2.33. The van der Waals surface area contributed by atoms with Gasteiger partial charge in [-0.2, -0.15) is 0 Å². The van der Waals surface area contributed by atoms with Crippen LogP contribution in [0.5, 0.6) is 0 Å². The van der Waals surface area contributed by atoms with Crippen LogP contribution < -0.4 is 5.32 Å². The monoisotopic (exact) mass is 265 g/mol. The number of carbonyl (C=O) groups excluding carboxylic acids is 2. The molecule has 0 aromatic carbocycles. The van der Waals surface area contributed by atoms with Crippen molar-refractivity contribution in [2.24, 2.45) is 5.92 Å². The smallest absolute Gasteiger partial charge is 0.320 e. The second-order valence-corrected chi connectivity index (χ2v) is 6.04. The zero-order chi connectivity index (χ0) is 13.2. The molecule has 1 saturated carbocycles. The summed E-state index contributed by atoms with van der Waals surface area (Å²) in [5, 5.41) is 3.10. The third-order valence-electron chi connectivity index (χ3n) is 4.36. The SMILES string of the molecule is O=C(NC1CCCN(C(=O)N2CCCC2)C1)C1CC1. The van der Waals surface area contributed by atoms with Gasteiger partial charge in [0.2, 0.25) is 5.91 Å². The van der Waals surface area contributed by atoms with Crippen molar-refractivity contribution in [1.29, 1.82) is 0 Å². The number of hydrogen-bond donors (Lipinski definition) is 1. The number of amides is 3. The molecule has 106 valence electrons. The zero-order valence-electron chi connectivity index (χ0n) is 11.4. The van der Waals surface area contributed by atoms with Crippen LogP contribution in [-0.4, -0.2) is 54.0 Å². The Morgan fingerprint density at radius 3 is 2.26 bits per heavy atom. The second kappa shape index (κ2) is 5.39. The molecule has 1 atom stereocenters. The van der Waals surface area contributed by atoms with Crippen LogP contribution in [0.3, 0.4) is 0 Å². The number of urea groups is 1. The fraction of sp³-hybridized carbons (Fsp3) is 0.857. The van der Waals surface area contributed by atoms with Gasteiger partial charge in [0.25, 0.3) is 0 Å². The maximum absolute atomic E-state index is 12.3. The van der Waals surface area contributed by atoms with Gasteiger partial charge in [-0.25, -0.2) is 4.79 Å². The summed E-state index contributed by atoms with van der Waals surface area (Å²) >= 11 is 0. The minimum Gasteiger partial charge on any atom is -0.351 e. The van der Waals surface area contributed by atoms with Crippen molar-refractivity contribution in [2.45, 2.75) is 44.6 Å². The summed E-state index contributed by atoms with van der Waals surface area (Å²) in [7, 11) is 0. The van der Waals surface area contributed by atoms with Gasteiger partial charge in [-0.3, -0.25) is 4.79 Å². The van der Waals surface area contributed by atoms with Gasteiger partial charge in [0, 0.05) is 38.1 Å². The van der Waals surface area contributed by atoms with E-state index in [9.17, 15) is 9.59 Å². The molecule has 5 nitrogen and oxygen atoms in total. The van der Waals surface area contributed by atoms with E-state index in [1.165, 1.54) is 0 Å². The number of carbonyl (C=O) groups is 2. The number of hydrogen-bond acceptors (Lipinski definition) is 2. The number of nitrogens with zero attached hydrogens (tertiary/aromatic N) is 2. The van der Waals surface area contributed by atoms with E-state index in [2.05, 4.69) is 5.32 Å². The van der Waals surface area contributed by atoms with Gasteiger partial charge in [0.15, 0.2) is 0 Å². The van der Waals surface area contributed by atoms with Crippen molar-refractivity contribution in [3.63, 3.8) is 0 Å². The lowest BCUT2D eigenvalue weighted by molar-refractivity contribution is -0.123. The lowest BCUT2D eigenvalue weighted by atomic mass is 10.1. The maximum Gasteiger partial charge on any atom is 0.320 e. The van der Waals surface area contributed by atoms with Crippen LogP contribution in [0.15, 0.2) is 0 Å². The van der Waals surface area contributed by atoms with Crippen LogP contribution in [0.2, 0.25) is 0 Å². The van der Waals surface area contributed by atoms with Crippen LogP contribution in [0.1, 0.15) is 38.5 Å². The molecular formula is C14H23N3O2. The lowest BCUT2D eigenvalue weighted by Crippen LogP contribution is -2.52. The fourth-order valence-electron chi connectivity index (χ4n) is 3.04. The Balaban J connectivity index is 1.51. The van der Waals surface area contributed by atoms with Gasteiger partial charge >= 0.3 is 6.03 Å². The minimum atomic E-state index is 0.161. The summed E-state index contributed by atoms with van der Waals surface area (Å²) in [6.45, 7) is 3.32. The van der Waals surface area contributed by atoms with Crippen molar-refractivity contribution >= 4 is 11.9 Å². The molecule has 2 aliphatic heterocycles. The minimum absolute atomic E-state index is 0.161. The first-order valence-corrected chi connectivity index (χ1v) is 7.58. The number of piperidine rings is 1. The molecule has 19 heavy (non-hydrogen) atoms. The molecule has 2 saturated heterocycles. The van der Waals surface area contributed by atoms with Crippen molar-refractivity contribution < 1.29 is 9.59 Å². The Morgan fingerprint density at radius 2 is 1.58 bits per heavy atom. The molecule has 0 radical (unpaired) electrons. The molecule has 5 heteroatoms. The molecule has 3 amide bonds. The first kappa shape index (κ1) is 12.8. The molecule has 0 aromatic heterocycles. The summed E-state index contributed by atoms with van der Waals surface area (Å²) < 4.78 is 0. The van der Waals surface area contributed by atoms with E-state index in [1.807, 2.05) is 9.80 Å². The first-order valence-electron chi connectivity index (χ1n) is 7.58. The Kier molecular flexibility index (Phi) is 3.62. The van der Waals surface area contributed by atoms with E-state index >= 15 is 0 Å². The van der Waals surface area contributed by atoms with Crippen LogP contribution in [0.25, 0.3) is 0 Å². The standard InChI is InChI=1S/C14H23N3O2/c18-13(11-5-6-11)15-12-4-3-9-17(10-12)14(19)16-7-1-2-8-16/h11-12H,1-10H2,(H,15,18). The van der Waals surface area contributed by atoms with Gasteiger partial charge in [-0.1, -0.05) is 0 Å². The Hall–Kier alpha value is -1.26. The van der Waals surface area contributed by atoms with Crippen molar-refractivity contribution in [3.8, 4) is 0 Å². The van der Waals surface area contributed by atoms with Gasteiger partial charge < -0.3 is 15.1 Å². The van der Waals surface area contributed by atoms with Crippen LogP contribution in [-0.2, 0) is 4.79 Å². The molecule has 0 bridgehead atoms. The van der Waals surface area contributed by atoms with E-state index < -0.39 is 0 Å². The Bertz CT molecular complexity index is 362. The summed E-state index contributed by atoms with van der Waals surface area (Å²) in [5.74, 6) is 0.449. The summed E-state index contributed by atoms with van der Waals surface area (Å²) in [6.07, 6.45) is 6.32. The normalized spacial score (nSPS) is 27.5. The molecule has 0 aromatic rings. The lowest BCUT2D eigenvalue weighted by Gasteiger charge is -2.35. The van der Waals surface area contributed by atoms with Crippen LogP contribution >= 0.6 is 0 Å². The molecule has 0 spiro atoms. The van der Waals surface area contributed by atoms with E-state index in [0.29, 0.717) is 6.54 Å². The van der Waals surface area contributed by atoms with Gasteiger partial charge in [0.1, 0.15) is 0 Å². The molecule has 3 fully saturated rings. The van der Waals surface area contributed by atoms with E-state index in [1.54, 1.807) is 0 Å². The maximum atomic E-state index is 12.3. The van der Waals surface area contributed by atoms with Gasteiger partial charge in [-0.05, 0) is 38.5 Å². The number of rotatable bonds is 2. The predicted molar refractivity (Wildman–Crippen MR) is 71.7 cm³/mol. The third kappa shape index (κ3) is 3.01. The zero-order valence-corrected chi connectivity index (χ0v) is 11.4. The number of likely N-dealkylation sites (tertiary alicyclic amines) is 2. The Morgan fingerprint density at radius 1 is 0.895 bits per heavy atom. The van der Waals surface area contributed by atoms with Crippen molar-refractivity contribution in [2.75, 3.05) is 26.2 Å². The topological polar surface area (TPSA) is 52.7 Å². The van der Waals surface area contributed by atoms with E-state index in [4.69, 9.17) is 0 Å². The van der Waals surface area contributed by atoms with Gasteiger partial charge in [0.05, 0.1) is 0 Å².